The van der Waals surface area contributed by atoms with Crippen LogP contribution in [0, 0.1) is 5.92 Å². The normalized spacial score (nSPS) is 11.9. The van der Waals surface area contributed by atoms with Crippen LogP contribution >= 0.6 is 0 Å². The molecule has 0 radical (unpaired) electrons. The van der Waals surface area contributed by atoms with E-state index in [9.17, 15) is 4.79 Å². The van der Waals surface area contributed by atoms with Crippen molar-refractivity contribution in [1.29, 1.82) is 0 Å². The standard InChI is InChI=1S/C22H28O4/c1-5-22(23)26-16(2)19(12-17-8-6-10-20(14-17)24-3)13-18-9-7-11-21(15-18)25-4/h6-11,14-16,19H,5,12-13H2,1-4H3. The lowest BCUT2D eigenvalue weighted by molar-refractivity contribution is -0.150. The maximum absolute atomic E-state index is 11.8. The van der Waals surface area contributed by atoms with Crippen molar-refractivity contribution in [3.05, 3.63) is 59.7 Å². The highest BCUT2D eigenvalue weighted by Gasteiger charge is 2.22. The van der Waals surface area contributed by atoms with Crippen LogP contribution in [0.2, 0.25) is 0 Å². The fourth-order valence-electron chi connectivity index (χ4n) is 3.00. The predicted molar refractivity (Wildman–Crippen MR) is 103 cm³/mol. The zero-order chi connectivity index (χ0) is 18.9. The molecule has 0 bridgehead atoms. The first kappa shape index (κ1) is 19.8. The van der Waals surface area contributed by atoms with E-state index in [1.807, 2.05) is 50.2 Å². The van der Waals surface area contributed by atoms with Gasteiger partial charge in [0.2, 0.25) is 0 Å². The van der Waals surface area contributed by atoms with Crippen molar-refractivity contribution >= 4 is 5.97 Å². The van der Waals surface area contributed by atoms with Gasteiger partial charge in [-0.2, -0.15) is 0 Å². The van der Waals surface area contributed by atoms with Crippen molar-refractivity contribution in [3.8, 4) is 11.5 Å². The van der Waals surface area contributed by atoms with Gasteiger partial charge in [0.15, 0.2) is 0 Å². The Morgan fingerprint density at radius 3 is 1.85 bits per heavy atom. The molecule has 4 nitrogen and oxygen atoms in total. The average Bonchev–Trinajstić information content (AvgIpc) is 2.67. The largest absolute Gasteiger partial charge is 0.497 e. The van der Waals surface area contributed by atoms with Crippen LogP contribution in [0.3, 0.4) is 0 Å². The molecule has 0 amide bonds. The van der Waals surface area contributed by atoms with Gasteiger partial charge in [0.25, 0.3) is 0 Å². The molecule has 1 atom stereocenters. The summed E-state index contributed by atoms with van der Waals surface area (Å²) in [6.07, 6.45) is 1.80. The molecule has 0 aliphatic carbocycles. The number of hydrogen-bond donors (Lipinski definition) is 0. The van der Waals surface area contributed by atoms with E-state index >= 15 is 0 Å². The molecule has 0 saturated carbocycles. The molecular weight excluding hydrogens is 328 g/mol. The Morgan fingerprint density at radius 2 is 1.42 bits per heavy atom. The number of carbonyl (C=O) groups is 1. The molecule has 0 spiro atoms. The first-order valence-corrected chi connectivity index (χ1v) is 9.01. The Hall–Kier alpha value is -2.49. The van der Waals surface area contributed by atoms with Crippen LogP contribution in [-0.4, -0.2) is 26.3 Å². The number of ether oxygens (including phenoxy) is 3. The molecular formula is C22H28O4. The number of methoxy groups -OCH3 is 2. The smallest absolute Gasteiger partial charge is 0.305 e. The minimum Gasteiger partial charge on any atom is -0.497 e. The molecule has 0 fully saturated rings. The van der Waals surface area contributed by atoms with Crippen LogP contribution in [0.15, 0.2) is 48.5 Å². The minimum atomic E-state index is -0.181. The molecule has 0 saturated heterocycles. The summed E-state index contributed by atoms with van der Waals surface area (Å²) in [5, 5.41) is 0. The van der Waals surface area contributed by atoms with Crippen molar-refractivity contribution in [2.75, 3.05) is 14.2 Å². The first-order chi connectivity index (χ1) is 12.5. The van der Waals surface area contributed by atoms with Crippen LogP contribution in [-0.2, 0) is 22.4 Å². The topological polar surface area (TPSA) is 44.8 Å². The van der Waals surface area contributed by atoms with Crippen molar-refractivity contribution in [3.63, 3.8) is 0 Å². The molecule has 140 valence electrons. The molecule has 2 rings (SSSR count). The molecule has 2 aromatic carbocycles. The Kier molecular flexibility index (Phi) is 7.52. The van der Waals surface area contributed by atoms with Crippen molar-refractivity contribution in [1.82, 2.24) is 0 Å². The van der Waals surface area contributed by atoms with E-state index in [0.29, 0.717) is 6.42 Å². The summed E-state index contributed by atoms with van der Waals surface area (Å²) in [6, 6.07) is 16.1. The van der Waals surface area contributed by atoms with Crippen LogP contribution in [0.1, 0.15) is 31.4 Å². The van der Waals surface area contributed by atoms with Gasteiger partial charge in [0.1, 0.15) is 17.6 Å². The monoisotopic (exact) mass is 356 g/mol. The lowest BCUT2D eigenvalue weighted by atomic mass is 9.88. The lowest BCUT2D eigenvalue weighted by Crippen LogP contribution is -2.27. The molecule has 2 aromatic rings. The van der Waals surface area contributed by atoms with Crippen LogP contribution in [0.5, 0.6) is 11.5 Å². The zero-order valence-corrected chi connectivity index (χ0v) is 16.0. The summed E-state index contributed by atoms with van der Waals surface area (Å²) in [4.78, 5) is 11.8. The van der Waals surface area contributed by atoms with Crippen molar-refractivity contribution < 1.29 is 19.0 Å². The summed E-state index contributed by atoms with van der Waals surface area (Å²) in [7, 11) is 3.33. The molecule has 26 heavy (non-hydrogen) atoms. The quantitative estimate of drug-likeness (QED) is 0.623. The van der Waals surface area contributed by atoms with Crippen LogP contribution in [0.25, 0.3) is 0 Å². The molecule has 0 aliphatic rings. The Labute approximate surface area is 156 Å². The third-order valence-corrected chi connectivity index (χ3v) is 4.53. The molecule has 0 heterocycles. The molecule has 4 heteroatoms. The lowest BCUT2D eigenvalue weighted by Gasteiger charge is -2.25. The van der Waals surface area contributed by atoms with Gasteiger partial charge in [0, 0.05) is 12.3 Å². The highest BCUT2D eigenvalue weighted by molar-refractivity contribution is 5.69. The first-order valence-electron chi connectivity index (χ1n) is 9.01. The van der Waals surface area contributed by atoms with Gasteiger partial charge < -0.3 is 14.2 Å². The van der Waals surface area contributed by atoms with Crippen molar-refractivity contribution in [2.45, 2.75) is 39.2 Å². The van der Waals surface area contributed by atoms with Crippen LogP contribution < -0.4 is 9.47 Å². The maximum Gasteiger partial charge on any atom is 0.305 e. The van der Waals surface area contributed by atoms with Crippen LogP contribution in [0.4, 0.5) is 0 Å². The summed E-state index contributed by atoms with van der Waals surface area (Å²) >= 11 is 0. The van der Waals surface area contributed by atoms with E-state index in [1.165, 1.54) is 0 Å². The minimum absolute atomic E-state index is 0.157. The third kappa shape index (κ3) is 5.80. The average molecular weight is 356 g/mol. The van der Waals surface area contributed by atoms with E-state index in [2.05, 4.69) is 12.1 Å². The Bertz CT molecular complexity index is 661. The SMILES string of the molecule is CCC(=O)OC(C)C(Cc1cccc(OC)c1)Cc1cccc(OC)c1. The maximum atomic E-state index is 11.8. The van der Waals surface area contributed by atoms with Gasteiger partial charge in [-0.15, -0.1) is 0 Å². The number of benzene rings is 2. The summed E-state index contributed by atoms with van der Waals surface area (Å²) in [5.41, 5.74) is 2.33. The molecule has 0 aromatic heterocycles. The van der Waals surface area contributed by atoms with E-state index < -0.39 is 0 Å². The van der Waals surface area contributed by atoms with Gasteiger partial charge in [-0.1, -0.05) is 31.2 Å². The van der Waals surface area contributed by atoms with E-state index in [4.69, 9.17) is 14.2 Å². The van der Waals surface area contributed by atoms with Gasteiger partial charge >= 0.3 is 5.97 Å². The second kappa shape index (κ2) is 9.85. The zero-order valence-electron chi connectivity index (χ0n) is 16.0. The second-order valence-corrected chi connectivity index (χ2v) is 6.42. The van der Waals surface area contributed by atoms with E-state index in [-0.39, 0.29) is 18.0 Å². The second-order valence-electron chi connectivity index (χ2n) is 6.42. The van der Waals surface area contributed by atoms with Crippen molar-refractivity contribution in [2.24, 2.45) is 5.92 Å². The van der Waals surface area contributed by atoms with Gasteiger partial charge in [-0.3, -0.25) is 4.79 Å². The molecule has 0 aliphatic heterocycles. The summed E-state index contributed by atoms with van der Waals surface area (Å²) in [6.45, 7) is 3.78. The molecule has 0 N–H and O–H groups in total. The summed E-state index contributed by atoms with van der Waals surface area (Å²) < 4.78 is 16.3. The summed E-state index contributed by atoms with van der Waals surface area (Å²) in [5.74, 6) is 1.66. The third-order valence-electron chi connectivity index (χ3n) is 4.53. The predicted octanol–water partition coefficient (Wildman–Crippen LogP) is 4.45. The van der Waals surface area contributed by atoms with E-state index in [0.717, 1.165) is 35.5 Å². The van der Waals surface area contributed by atoms with Gasteiger partial charge in [-0.25, -0.2) is 0 Å². The van der Waals surface area contributed by atoms with Gasteiger partial charge in [-0.05, 0) is 55.2 Å². The number of hydrogen-bond acceptors (Lipinski definition) is 4. The highest BCUT2D eigenvalue weighted by atomic mass is 16.5. The fourth-order valence-corrected chi connectivity index (χ4v) is 3.00. The number of rotatable bonds is 9. The number of esters is 1. The highest BCUT2D eigenvalue weighted by Crippen LogP contribution is 2.24. The van der Waals surface area contributed by atoms with Gasteiger partial charge in [0.05, 0.1) is 14.2 Å². The van der Waals surface area contributed by atoms with E-state index in [1.54, 1.807) is 14.2 Å². The fraction of sp³-hybridized carbons (Fsp3) is 0.409. The number of carbonyl (C=O) groups excluding carboxylic acids is 1. The molecule has 1 unspecified atom stereocenters. The Balaban J connectivity index is 2.20. The Morgan fingerprint density at radius 1 is 0.923 bits per heavy atom.